The monoisotopic (exact) mass is 592 g/mol. The van der Waals surface area contributed by atoms with Crippen molar-refractivity contribution in [1.82, 2.24) is 10.2 Å². The first kappa shape index (κ1) is 30.1. The fourth-order valence-corrected chi connectivity index (χ4v) is 5.17. The number of hydrogen-bond acceptors (Lipinski definition) is 6. The van der Waals surface area contributed by atoms with Gasteiger partial charge in [-0.3, -0.25) is 9.69 Å². The number of benzene rings is 3. The Morgan fingerprint density at radius 2 is 1.45 bits per heavy atom. The van der Waals surface area contributed by atoms with E-state index in [4.69, 9.17) is 9.47 Å². The maximum atomic E-state index is 14.0. The van der Waals surface area contributed by atoms with Crippen molar-refractivity contribution >= 4 is 5.91 Å². The van der Waals surface area contributed by atoms with E-state index in [0.29, 0.717) is 37.1 Å². The number of carbonyl (C=O) groups is 1. The SMILES string of the molecule is O=C(NCc1ccc([C@@H]2O[C@H](CN3CC[C@H](O)C3)C[C@H](c3ccc(CO)cc3)O2)cc1)c1c(F)c(F)c(F)c(F)c1F. The third-order valence-electron chi connectivity index (χ3n) is 7.47. The Bertz CT molecular complexity index is 1390. The molecule has 1 amide bonds. The summed E-state index contributed by atoms with van der Waals surface area (Å²) in [6.45, 7) is 1.60. The Morgan fingerprint density at radius 1 is 0.857 bits per heavy atom. The fraction of sp³-hybridized carbons (Fsp3) is 0.367. The molecular weight excluding hydrogens is 563 g/mol. The second-order valence-electron chi connectivity index (χ2n) is 10.4. The van der Waals surface area contributed by atoms with E-state index >= 15 is 0 Å². The van der Waals surface area contributed by atoms with Crippen molar-refractivity contribution in [2.24, 2.45) is 0 Å². The van der Waals surface area contributed by atoms with E-state index in [0.717, 1.165) is 17.7 Å². The van der Waals surface area contributed by atoms with Crippen molar-refractivity contribution < 1.29 is 46.4 Å². The van der Waals surface area contributed by atoms with Crippen LogP contribution < -0.4 is 5.32 Å². The summed E-state index contributed by atoms with van der Waals surface area (Å²) in [6, 6.07) is 14.1. The van der Waals surface area contributed by atoms with Crippen molar-refractivity contribution in [1.29, 1.82) is 0 Å². The van der Waals surface area contributed by atoms with E-state index in [-0.39, 0.29) is 31.5 Å². The second-order valence-corrected chi connectivity index (χ2v) is 10.4. The molecule has 0 spiro atoms. The average Bonchev–Trinajstić information content (AvgIpc) is 3.42. The van der Waals surface area contributed by atoms with Gasteiger partial charge in [0.05, 0.1) is 24.9 Å². The van der Waals surface area contributed by atoms with Crippen molar-refractivity contribution in [2.45, 2.75) is 50.6 Å². The van der Waals surface area contributed by atoms with Gasteiger partial charge in [-0.25, -0.2) is 22.0 Å². The number of ether oxygens (including phenoxy) is 2. The minimum atomic E-state index is -2.34. The molecule has 12 heteroatoms. The third-order valence-corrected chi connectivity index (χ3v) is 7.47. The zero-order chi connectivity index (χ0) is 30.0. The quantitative estimate of drug-likeness (QED) is 0.204. The minimum Gasteiger partial charge on any atom is -0.392 e. The van der Waals surface area contributed by atoms with Crippen LogP contribution in [0.15, 0.2) is 48.5 Å². The first-order valence-electron chi connectivity index (χ1n) is 13.4. The Kier molecular flexibility index (Phi) is 9.19. The summed E-state index contributed by atoms with van der Waals surface area (Å²) in [5.41, 5.74) is 1.28. The molecule has 2 aliphatic rings. The summed E-state index contributed by atoms with van der Waals surface area (Å²) in [7, 11) is 0. The van der Waals surface area contributed by atoms with Gasteiger partial charge in [0, 0.05) is 38.2 Å². The van der Waals surface area contributed by atoms with Crippen LogP contribution in [0.2, 0.25) is 0 Å². The van der Waals surface area contributed by atoms with Gasteiger partial charge < -0.3 is 25.0 Å². The number of halogens is 5. The first-order valence-corrected chi connectivity index (χ1v) is 13.4. The molecule has 3 aromatic rings. The summed E-state index contributed by atoms with van der Waals surface area (Å²) in [5, 5.41) is 21.5. The van der Waals surface area contributed by atoms with Crippen LogP contribution in [0.1, 0.15) is 57.8 Å². The highest BCUT2D eigenvalue weighted by molar-refractivity contribution is 5.94. The van der Waals surface area contributed by atoms with E-state index in [1.807, 2.05) is 24.3 Å². The van der Waals surface area contributed by atoms with Crippen LogP contribution in [0.3, 0.4) is 0 Å². The number of amides is 1. The number of aliphatic hydroxyl groups excluding tert-OH is 2. The van der Waals surface area contributed by atoms with E-state index in [9.17, 15) is 37.0 Å². The lowest BCUT2D eigenvalue weighted by Gasteiger charge is -2.37. The zero-order valence-electron chi connectivity index (χ0n) is 22.3. The van der Waals surface area contributed by atoms with Gasteiger partial charge in [0.2, 0.25) is 5.82 Å². The highest BCUT2D eigenvalue weighted by Gasteiger charge is 2.34. The smallest absolute Gasteiger partial charge is 0.257 e. The molecule has 5 rings (SSSR count). The predicted octanol–water partition coefficient (Wildman–Crippen LogP) is 4.42. The van der Waals surface area contributed by atoms with E-state index < -0.39 is 46.8 Å². The Morgan fingerprint density at radius 3 is 2.05 bits per heavy atom. The number of rotatable bonds is 8. The highest BCUT2D eigenvalue weighted by Crippen LogP contribution is 2.38. The Balaban J connectivity index is 1.28. The Labute approximate surface area is 238 Å². The summed E-state index contributed by atoms with van der Waals surface area (Å²) in [6.07, 6.45) is -0.379. The summed E-state index contributed by atoms with van der Waals surface area (Å²) in [4.78, 5) is 14.4. The molecule has 224 valence electrons. The molecule has 0 radical (unpaired) electrons. The number of nitrogens with zero attached hydrogens (tertiary/aromatic N) is 1. The van der Waals surface area contributed by atoms with Crippen molar-refractivity contribution in [3.05, 3.63) is 105 Å². The molecule has 2 aliphatic heterocycles. The van der Waals surface area contributed by atoms with Gasteiger partial charge >= 0.3 is 0 Å². The summed E-state index contributed by atoms with van der Waals surface area (Å²) >= 11 is 0. The number of nitrogens with one attached hydrogen (secondary N) is 1. The lowest BCUT2D eigenvalue weighted by Crippen LogP contribution is -2.38. The maximum Gasteiger partial charge on any atom is 0.257 e. The molecule has 7 nitrogen and oxygen atoms in total. The molecule has 3 aromatic carbocycles. The largest absolute Gasteiger partial charge is 0.392 e. The van der Waals surface area contributed by atoms with Crippen LogP contribution in [0.25, 0.3) is 0 Å². The van der Waals surface area contributed by atoms with Crippen LogP contribution in [0.4, 0.5) is 22.0 Å². The van der Waals surface area contributed by atoms with Crippen molar-refractivity contribution in [3.63, 3.8) is 0 Å². The zero-order valence-corrected chi connectivity index (χ0v) is 22.3. The van der Waals surface area contributed by atoms with Crippen molar-refractivity contribution in [2.75, 3.05) is 19.6 Å². The first-order chi connectivity index (χ1) is 20.1. The molecule has 0 saturated carbocycles. The van der Waals surface area contributed by atoms with Crippen LogP contribution in [0, 0.1) is 29.1 Å². The predicted molar refractivity (Wildman–Crippen MR) is 139 cm³/mol. The summed E-state index contributed by atoms with van der Waals surface area (Å²) in [5.74, 6) is -12.6. The second kappa shape index (κ2) is 12.8. The topological polar surface area (TPSA) is 91.3 Å². The number of hydrogen-bond donors (Lipinski definition) is 3. The minimum absolute atomic E-state index is 0.0776. The van der Waals surface area contributed by atoms with E-state index in [2.05, 4.69) is 10.2 Å². The molecule has 2 heterocycles. The van der Waals surface area contributed by atoms with Crippen LogP contribution in [-0.4, -0.2) is 52.9 Å². The van der Waals surface area contributed by atoms with Crippen molar-refractivity contribution in [3.8, 4) is 0 Å². The molecule has 3 N–H and O–H groups in total. The lowest BCUT2D eigenvalue weighted by atomic mass is 9.99. The highest BCUT2D eigenvalue weighted by atomic mass is 19.2. The molecule has 0 bridgehead atoms. The normalized spacial score (nSPS) is 22.8. The van der Waals surface area contributed by atoms with Gasteiger partial charge in [-0.2, -0.15) is 0 Å². The van der Waals surface area contributed by atoms with Gasteiger partial charge in [-0.1, -0.05) is 48.5 Å². The molecule has 42 heavy (non-hydrogen) atoms. The molecular formula is C30H29F5N2O5. The van der Waals surface area contributed by atoms with Crippen LogP contribution >= 0.6 is 0 Å². The number of carbonyl (C=O) groups excluding carboxylic acids is 1. The van der Waals surface area contributed by atoms with Gasteiger partial charge in [-0.05, 0) is 23.1 Å². The molecule has 0 aliphatic carbocycles. The van der Waals surface area contributed by atoms with Crippen LogP contribution in [0.5, 0.6) is 0 Å². The number of β-amino-alcohol motifs (C(OH)–C–C–N with tert-alkyl or cyclic N) is 1. The number of aliphatic hydroxyl groups is 2. The molecule has 0 unspecified atom stereocenters. The van der Waals surface area contributed by atoms with Gasteiger partial charge in [0.1, 0.15) is 5.56 Å². The van der Waals surface area contributed by atoms with Gasteiger partial charge in [0.15, 0.2) is 29.6 Å². The fourth-order valence-electron chi connectivity index (χ4n) is 5.17. The number of likely N-dealkylation sites (tertiary alicyclic amines) is 1. The lowest BCUT2D eigenvalue weighted by molar-refractivity contribution is -0.252. The van der Waals surface area contributed by atoms with E-state index in [1.165, 1.54) is 0 Å². The van der Waals surface area contributed by atoms with Crippen LogP contribution in [-0.2, 0) is 22.6 Å². The summed E-state index contributed by atoms with van der Waals surface area (Å²) < 4.78 is 80.8. The van der Waals surface area contributed by atoms with Gasteiger partial charge in [-0.15, -0.1) is 0 Å². The van der Waals surface area contributed by atoms with Gasteiger partial charge in [0.25, 0.3) is 5.91 Å². The molecule has 2 saturated heterocycles. The van der Waals surface area contributed by atoms with E-state index in [1.54, 1.807) is 24.3 Å². The standard InChI is InChI=1S/C30H29F5N2O5/c31-24-23(25(32)27(34)28(35)26(24)33)29(40)36-12-16-1-7-19(8-2-16)30-41-21(14-37-10-9-20(39)13-37)11-22(42-30)18-5-3-17(15-38)4-6-18/h1-8,20-22,30,38-39H,9-15H2,(H,36,40)/t20-,21-,22+,30+/m0/s1. The average molecular weight is 593 g/mol. The maximum absolute atomic E-state index is 14.0. The molecule has 0 aromatic heterocycles. The molecule has 2 fully saturated rings. The Hall–Kier alpha value is -3.42. The third kappa shape index (κ3) is 6.47. The molecule has 4 atom stereocenters.